The summed E-state index contributed by atoms with van der Waals surface area (Å²) in [6, 6.07) is 0. The average Bonchev–Trinajstić information content (AvgIpc) is 2.38. The summed E-state index contributed by atoms with van der Waals surface area (Å²) in [7, 11) is -2.90. The van der Waals surface area contributed by atoms with E-state index in [-0.39, 0.29) is 0 Å². The molecule has 1 heterocycles. The highest BCUT2D eigenvalue weighted by Crippen LogP contribution is 2.52. The molecular weight excluding hydrogens is 162 g/mol. The van der Waals surface area contributed by atoms with Gasteiger partial charge in [-0.05, 0) is 24.7 Å². The molecule has 2 aliphatic rings. The van der Waals surface area contributed by atoms with Crippen molar-refractivity contribution >= 4 is 10.0 Å². The second-order valence-corrected chi connectivity index (χ2v) is 5.83. The molecule has 0 atom stereocenters. The molecule has 0 unspecified atom stereocenters. The van der Waals surface area contributed by atoms with Crippen molar-refractivity contribution in [3.05, 3.63) is 0 Å². The van der Waals surface area contributed by atoms with E-state index in [2.05, 4.69) is 0 Å². The van der Waals surface area contributed by atoms with Gasteiger partial charge in [0.1, 0.15) is 0 Å². The van der Waals surface area contributed by atoms with E-state index in [0.29, 0.717) is 5.41 Å². The molecule has 4 heteroatoms. The van der Waals surface area contributed by atoms with Crippen LogP contribution in [0.15, 0.2) is 0 Å². The molecule has 0 amide bonds. The van der Waals surface area contributed by atoms with Gasteiger partial charge in [-0.1, -0.05) is 0 Å². The lowest BCUT2D eigenvalue weighted by atomic mass is 10.1. The zero-order valence-electron chi connectivity index (χ0n) is 6.71. The second kappa shape index (κ2) is 1.98. The second-order valence-electron chi connectivity index (χ2n) is 3.85. The SMILES string of the molecule is CS(=O)(=O)N1CCC2(CC2)C1. The van der Waals surface area contributed by atoms with Gasteiger partial charge in [0.15, 0.2) is 0 Å². The summed E-state index contributed by atoms with van der Waals surface area (Å²) in [6.07, 6.45) is 4.85. The molecule has 64 valence electrons. The highest BCUT2D eigenvalue weighted by molar-refractivity contribution is 7.88. The summed E-state index contributed by atoms with van der Waals surface area (Å²) in [5.74, 6) is 0. The van der Waals surface area contributed by atoms with E-state index in [1.807, 2.05) is 0 Å². The molecule has 2 rings (SSSR count). The quantitative estimate of drug-likeness (QED) is 0.579. The van der Waals surface area contributed by atoms with Gasteiger partial charge in [-0.2, -0.15) is 0 Å². The largest absolute Gasteiger partial charge is 0.213 e. The molecular formula is C7H13NO2S. The molecule has 11 heavy (non-hydrogen) atoms. The van der Waals surface area contributed by atoms with Crippen molar-refractivity contribution < 1.29 is 8.42 Å². The summed E-state index contributed by atoms with van der Waals surface area (Å²) >= 11 is 0. The maximum Gasteiger partial charge on any atom is 0.211 e. The normalized spacial score (nSPS) is 29.5. The Kier molecular flexibility index (Phi) is 1.36. The third-order valence-corrected chi connectivity index (χ3v) is 4.08. The van der Waals surface area contributed by atoms with Gasteiger partial charge >= 0.3 is 0 Å². The fourth-order valence-electron chi connectivity index (χ4n) is 1.76. The van der Waals surface area contributed by atoms with Crippen molar-refractivity contribution in [1.82, 2.24) is 4.31 Å². The molecule has 0 aromatic heterocycles. The third kappa shape index (κ3) is 1.29. The van der Waals surface area contributed by atoms with Gasteiger partial charge in [0.25, 0.3) is 0 Å². The van der Waals surface area contributed by atoms with Gasteiger partial charge in [0, 0.05) is 13.1 Å². The smallest absolute Gasteiger partial charge is 0.211 e. The first-order valence-corrected chi connectivity index (χ1v) is 5.82. The van der Waals surface area contributed by atoms with Gasteiger partial charge in [0.05, 0.1) is 6.26 Å². The summed E-state index contributed by atoms with van der Waals surface area (Å²) in [6.45, 7) is 1.53. The monoisotopic (exact) mass is 175 g/mol. The number of rotatable bonds is 1. The average molecular weight is 175 g/mol. The summed E-state index contributed by atoms with van der Waals surface area (Å²) in [5.41, 5.74) is 0.420. The van der Waals surface area contributed by atoms with Crippen molar-refractivity contribution in [2.24, 2.45) is 5.41 Å². The van der Waals surface area contributed by atoms with Gasteiger partial charge < -0.3 is 0 Å². The molecule has 3 nitrogen and oxygen atoms in total. The Balaban J connectivity index is 2.11. The van der Waals surface area contributed by atoms with Crippen molar-refractivity contribution in [3.8, 4) is 0 Å². The maximum absolute atomic E-state index is 11.1. The first-order chi connectivity index (χ1) is 5.02. The molecule has 1 saturated heterocycles. The van der Waals surface area contributed by atoms with Crippen LogP contribution in [0, 0.1) is 5.41 Å². The molecule has 1 aliphatic carbocycles. The zero-order chi connectivity index (χ0) is 8.11. The van der Waals surface area contributed by atoms with Crippen molar-refractivity contribution in [3.63, 3.8) is 0 Å². The van der Waals surface area contributed by atoms with Crippen LogP contribution in [0.2, 0.25) is 0 Å². The lowest BCUT2D eigenvalue weighted by molar-refractivity contribution is 0.455. The van der Waals surface area contributed by atoms with E-state index in [9.17, 15) is 8.42 Å². The van der Waals surface area contributed by atoms with Crippen LogP contribution in [0.4, 0.5) is 0 Å². The molecule has 0 aromatic rings. The fraction of sp³-hybridized carbons (Fsp3) is 1.00. The van der Waals surface area contributed by atoms with Crippen LogP contribution in [-0.2, 0) is 10.0 Å². The molecule has 0 aromatic carbocycles. The van der Waals surface area contributed by atoms with Gasteiger partial charge in [-0.15, -0.1) is 0 Å². The number of hydrogen-bond acceptors (Lipinski definition) is 2. The maximum atomic E-state index is 11.1. The number of hydrogen-bond donors (Lipinski definition) is 0. The predicted octanol–water partition coefficient (Wildman–Crippen LogP) is 0.432. The van der Waals surface area contributed by atoms with Crippen LogP contribution in [-0.4, -0.2) is 32.1 Å². The molecule has 1 saturated carbocycles. The zero-order valence-corrected chi connectivity index (χ0v) is 7.52. The minimum Gasteiger partial charge on any atom is -0.213 e. The molecule has 0 bridgehead atoms. The number of sulfonamides is 1. The molecule has 0 radical (unpaired) electrons. The van der Waals surface area contributed by atoms with Crippen molar-refractivity contribution in [2.45, 2.75) is 19.3 Å². The lowest BCUT2D eigenvalue weighted by Crippen LogP contribution is -2.27. The van der Waals surface area contributed by atoms with Gasteiger partial charge in [-0.25, -0.2) is 12.7 Å². The van der Waals surface area contributed by atoms with Crippen LogP contribution in [0.1, 0.15) is 19.3 Å². The van der Waals surface area contributed by atoms with Crippen LogP contribution in [0.25, 0.3) is 0 Å². The van der Waals surface area contributed by atoms with E-state index >= 15 is 0 Å². The van der Waals surface area contributed by atoms with Crippen molar-refractivity contribution in [1.29, 1.82) is 0 Å². The van der Waals surface area contributed by atoms with E-state index in [0.717, 1.165) is 19.5 Å². The van der Waals surface area contributed by atoms with Crippen molar-refractivity contribution in [2.75, 3.05) is 19.3 Å². The Morgan fingerprint density at radius 2 is 1.91 bits per heavy atom. The summed E-state index contributed by atoms with van der Waals surface area (Å²) in [4.78, 5) is 0. The molecule has 1 spiro atoms. The highest BCUT2D eigenvalue weighted by atomic mass is 32.2. The Morgan fingerprint density at radius 3 is 2.18 bits per heavy atom. The lowest BCUT2D eigenvalue weighted by Gasteiger charge is -2.11. The first-order valence-electron chi connectivity index (χ1n) is 3.97. The predicted molar refractivity (Wildman–Crippen MR) is 42.7 cm³/mol. The Morgan fingerprint density at radius 1 is 1.27 bits per heavy atom. The minimum atomic E-state index is -2.90. The van der Waals surface area contributed by atoms with Crippen LogP contribution in [0.3, 0.4) is 0 Å². The van der Waals surface area contributed by atoms with E-state index in [1.165, 1.54) is 19.1 Å². The number of nitrogens with zero attached hydrogens (tertiary/aromatic N) is 1. The third-order valence-electron chi connectivity index (χ3n) is 2.83. The van der Waals surface area contributed by atoms with E-state index in [4.69, 9.17) is 0 Å². The molecule has 2 fully saturated rings. The Bertz CT molecular complexity index is 266. The minimum absolute atomic E-state index is 0.420. The Labute approximate surface area is 67.4 Å². The first kappa shape index (κ1) is 7.55. The van der Waals surface area contributed by atoms with Gasteiger partial charge in [0.2, 0.25) is 10.0 Å². The molecule has 0 N–H and O–H groups in total. The van der Waals surface area contributed by atoms with E-state index in [1.54, 1.807) is 4.31 Å². The van der Waals surface area contributed by atoms with Crippen LogP contribution in [0.5, 0.6) is 0 Å². The Hall–Kier alpha value is -0.0900. The van der Waals surface area contributed by atoms with Crippen LogP contribution < -0.4 is 0 Å². The van der Waals surface area contributed by atoms with E-state index < -0.39 is 10.0 Å². The van der Waals surface area contributed by atoms with Crippen LogP contribution >= 0.6 is 0 Å². The highest BCUT2D eigenvalue weighted by Gasteiger charge is 2.49. The van der Waals surface area contributed by atoms with Gasteiger partial charge in [-0.3, -0.25) is 0 Å². The summed E-state index contributed by atoms with van der Waals surface area (Å²) in [5, 5.41) is 0. The topological polar surface area (TPSA) is 37.4 Å². The standard InChI is InChI=1S/C7H13NO2S/c1-11(9,10)8-5-4-7(6-8)2-3-7/h2-6H2,1H3. The summed E-state index contributed by atoms with van der Waals surface area (Å²) < 4.78 is 23.8. The molecule has 1 aliphatic heterocycles. The fourth-order valence-corrected chi connectivity index (χ4v) is 2.69.